The molecule has 6 heteroatoms. The van der Waals surface area contributed by atoms with E-state index >= 15 is 0 Å². The average Bonchev–Trinajstić information content (AvgIpc) is 2.66. The summed E-state index contributed by atoms with van der Waals surface area (Å²) in [5.74, 6) is 0.0399. The monoisotopic (exact) mass is 254 g/mol. The summed E-state index contributed by atoms with van der Waals surface area (Å²) >= 11 is 3.14. The van der Waals surface area contributed by atoms with Gasteiger partial charge in [-0.2, -0.15) is 0 Å². The minimum atomic E-state index is -0.744. The molecule has 0 aromatic carbocycles. The van der Waals surface area contributed by atoms with Gasteiger partial charge < -0.3 is 5.11 Å². The molecule has 0 aliphatic carbocycles. The third-order valence-electron chi connectivity index (χ3n) is 1.91. The van der Waals surface area contributed by atoms with Crippen LogP contribution in [0.1, 0.15) is 12.8 Å². The van der Waals surface area contributed by atoms with Gasteiger partial charge in [0.05, 0.1) is 0 Å². The van der Waals surface area contributed by atoms with Crippen molar-refractivity contribution in [3.8, 4) is 0 Å². The zero-order chi connectivity index (χ0) is 11.4. The van der Waals surface area contributed by atoms with E-state index in [0.717, 1.165) is 20.4 Å². The number of pyridine rings is 1. The van der Waals surface area contributed by atoms with Crippen LogP contribution in [-0.4, -0.2) is 26.8 Å². The Morgan fingerprint density at radius 3 is 3.19 bits per heavy atom. The molecule has 0 radical (unpaired) electrons. The molecule has 0 unspecified atom stereocenters. The second kappa shape index (κ2) is 5.27. The summed E-state index contributed by atoms with van der Waals surface area (Å²) in [6, 6.07) is 3.79. The lowest BCUT2D eigenvalue weighted by molar-refractivity contribution is -0.137. The van der Waals surface area contributed by atoms with Gasteiger partial charge >= 0.3 is 5.97 Å². The van der Waals surface area contributed by atoms with Crippen molar-refractivity contribution in [3.05, 3.63) is 18.3 Å². The van der Waals surface area contributed by atoms with Crippen LogP contribution >= 0.6 is 23.1 Å². The first kappa shape index (κ1) is 11.3. The van der Waals surface area contributed by atoms with E-state index in [0.29, 0.717) is 6.42 Å². The SMILES string of the molecule is O=C(O)CCCSc1nc2cccnc2s1. The van der Waals surface area contributed by atoms with Crippen LogP contribution in [0, 0.1) is 0 Å². The number of rotatable bonds is 5. The summed E-state index contributed by atoms with van der Waals surface area (Å²) in [7, 11) is 0. The number of hydrogen-bond acceptors (Lipinski definition) is 5. The first-order valence-corrected chi connectivity index (χ1v) is 6.62. The highest BCUT2D eigenvalue weighted by molar-refractivity contribution is 8.01. The fourth-order valence-electron chi connectivity index (χ4n) is 1.19. The maximum atomic E-state index is 10.3. The Balaban J connectivity index is 1.92. The molecule has 2 rings (SSSR count). The third-order valence-corrected chi connectivity index (χ3v) is 4.12. The Morgan fingerprint density at radius 1 is 1.56 bits per heavy atom. The van der Waals surface area contributed by atoms with Crippen molar-refractivity contribution in [1.29, 1.82) is 0 Å². The van der Waals surface area contributed by atoms with Crippen molar-refractivity contribution in [1.82, 2.24) is 9.97 Å². The van der Waals surface area contributed by atoms with Gasteiger partial charge in [0, 0.05) is 18.4 Å². The van der Waals surface area contributed by atoms with Crippen molar-refractivity contribution in [2.75, 3.05) is 5.75 Å². The molecule has 0 amide bonds. The predicted octanol–water partition coefficient (Wildman–Crippen LogP) is 2.65. The predicted molar refractivity (Wildman–Crippen MR) is 65.0 cm³/mol. The molecule has 16 heavy (non-hydrogen) atoms. The van der Waals surface area contributed by atoms with E-state index in [1.165, 1.54) is 0 Å². The second-order valence-corrected chi connectivity index (χ2v) is 5.47. The summed E-state index contributed by atoms with van der Waals surface area (Å²) < 4.78 is 0.957. The van der Waals surface area contributed by atoms with Gasteiger partial charge in [0.15, 0.2) is 4.34 Å². The standard InChI is InChI=1S/C10H10N2O2S2/c13-8(14)4-2-6-15-10-12-7-3-1-5-11-9(7)16-10/h1,3,5H,2,4,6H2,(H,13,14). The van der Waals surface area contributed by atoms with Crippen molar-refractivity contribution >= 4 is 39.4 Å². The normalized spacial score (nSPS) is 10.8. The number of carbonyl (C=O) groups is 1. The number of aromatic nitrogens is 2. The molecular weight excluding hydrogens is 244 g/mol. The van der Waals surface area contributed by atoms with Gasteiger partial charge in [-0.05, 0) is 18.6 Å². The van der Waals surface area contributed by atoms with Gasteiger partial charge in [0.2, 0.25) is 0 Å². The zero-order valence-corrected chi connectivity index (χ0v) is 10.1. The highest BCUT2D eigenvalue weighted by Gasteiger charge is 2.04. The molecule has 4 nitrogen and oxygen atoms in total. The van der Waals surface area contributed by atoms with Crippen molar-refractivity contribution in [2.24, 2.45) is 0 Å². The minimum absolute atomic E-state index is 0.218. The average molecular weight is 254 g/mol. The van der Waals surface area contributed by atoms with Crippen LogP contribution in [0.4, 0.5) is 0 Å². The van der Waals surface area contributed by atoms with Gasteiger partial charge in [0.25, 0.3) is 0 Å². The first-order chi connectivity index (χ1) is 7.75. The Labute approximate surface area is 101 Å². The molecule has 2 aromatic heterocycles. The number of hydrogen-bond donors (Lipinski definition) is 1. The van der Waals surface area contributed by atoms with Crippen LogP contribution in [0.2, 0.25) is 0 Å². The Hall–Kier alpha value is -1.14. The highest BCUT2D eigenvalue weighted by atomic mass is 32.2. The van der Waals surface area contributed by atoms with E-state index in [2.05, 4.69) is 9.97 Å². The van der Waals surface area contributed by atoms with Crippen LogP contribution in [0.15, 0.2) is 22.7 Å². The molecule has 2 aromatic rings. The van der Waals surface area contributed by atoms with E-state index in [-0.39, 0.29) is 6.42 Å². The Morgan fingerprint density at radius 2 is 2.44 bits per heavy atom. The smallest absolute Gasteiger partial charge is 0.303 e. The lowest BCUT2D eigenvalue weighted by Gasteiger charge is -1.94. The maximum Gasteiger partial charge on any atom is 0.303 e. The molecule has 2 heterocycles. The summed E-state index contributed by atoms with van der Waals surface area (Å²) in [6.07, 6.45) is 2.64. The fourth-order valence-corrected chi connectivity index (χ4v) is 3.18. The van der Waals surface area contributed by atoms with Crippen molar-refractivity contribution < 1.29 is 9.90 Å². The van der Waals surface area contributed by atoms with Gasteiger partial charge in [-0.1, -0.05) is 23.1 Å². The van der Waals surface area contributed by atoms with Crippen LogP contribution in [-0.2, 0) is 4.79 Å². The lowest BCUT2D eigenvalue weighted by Crippen LogP contribution is -1.94. The molecule has 1 N–H and O–H groups in total. The number of carboxylic acids is 1. The summed E-state index contributed by atoms with van der Waals surface area (Å²) in [5, 5.41) is 8.49. The van der Waals surface area contributed by atoms with E-state index in [4.69, 9.17) is 5.11 Å². The number of thioether (sulfide) groups is 1. The molecule has 0 aliphatic heterocycles. The Kier molecular flexibility index (Phi) is 3.74. The van der Waals surface area contributed by atoms with Crippen LogP contribution in [0.3, 0.4) is 0 Å². The minimum Gasteiger partial charge on any atom is -0.481 e. The van der Waals surface area contributed by atoms with E-state index in [9.17, 15) is 4.79 Å². The summed E-state index contributed by atoms with van der Waals surface area (Å²) in [4.78, 5) is 19.9. The highest BCUT2D eigenvalue weighted by Crippen LogP contribution is 2.28. The van der Waals surface area contributed by atoms with E-state index in [1.54, 1.807) is 29.3 Å². The largest absolute Gasteiger partial charge is 0.481 e. The molecule has 0 saturated carbocycles. The molecule has 0 saturated heterocycles. The third kappa shape index (κ3) is 2.93. The van der Waals surface area contributed by atoms with Crippen LogP contribution in [0.25, 0.3) is 10.3 Å². The number of fused-ring (bicyclic) bond motifs is 1. The summed E-state index contributed by atoms with van der Waals surface area (Å²) in [5.41, 5.74) is 0.910. The van der Waals surface area contributed by atoms with Gasteiger partial charge in [-0.25, -0.2) is 9.97 Å². The van der Waals surface area contributed by atoms with Crippen LogP contribution < -0.4 is 0 Å². The van der Waals surface area contributed by atoms with Gasteiger partial charge in [-0.15, -0.1) is 0 Å². The quantitative estimate of drug-likeness (QED) is 0.656. The van der Waals surface area contributed by atoms with Gasteiger partial charge in [-0.3, -0.25) is 4.79 Å². The molecule has 0 atom stereocenters. The zero-order valence-electron chi connectivity index (χ0n) is 8.42. The number of thiazole rings is 1. The topological polar surface area (TPSA) is 63.1 Å². The Bertz CT molecular complexity index is 465. The molecular formula is C10H10N2O2S2. The van der Waals surface area contributed by atoms with Crippen molar-refractivity contribution in [3.63, 3.8) is 0 Å². The molecule has 0 bridgehead atoms. The van der Waals surface area contributed by atoms with Crippen molar-refractivity contribution in [2.45, 2.75) is 17.2 Å². The van der Waals surface area contributed by atoms with E-state index < -0.39 is 5.97 Å². The second-order valence-electron chi connectivity index (χ2n) is 3.15. The van der Waals surface area contributed by atoms with Gasteiger partial charge in [0.1, 0.15) is 10.3 Å². The number of aliphatic carboxylic acids is 1. The fraction of sp³-hybridized carbons (Fsp3) is 0.300. The number of carboxylic acid groups (broad SMARTS) is 1. The molecule has 84 valence electrons. The van der Waals surface area contributed by atoms with Crippen LogP contribution in [0.5, 0.6) is 0 Å². The first-order valence-electron chi connectivity index (χ1n) is 4.82. The molecule has 0 spiro atoms. The summed E-state index contributed by atoms with van der Waals surface area (Å²) in [6.45, 7) is 0. The molecule has 0 fully saturated rings. The maximum absolute atomic E-state index is 10.3. The molecule has 0 aliphatic rings. The lowest BCUT2D eigenvalue weighted by atomic mass is 10.3. The van der Waals surface area contributed by atoms with E-state index in [1.807, 2.05) is 12.1 Å². The number of nitrogens with zero attached hydrogens (tertiary/aromatic N) is 2.